The van der Waals surface area contributed by atoms with Gasteiger partial charge in [-0.1, -0.05) is 149 Å². The smallest absolute Gasteiger partial charge is 0.0621 e. The van der Waals surface area contributed by atoms with E-state index in [2.05, 4.69) is 184 Å². The van der Waals surface area contributed by atoms with Crippen LogP contribution in [0, 0.1) is 0 Å². The second-order valence-electron chi connectivity index (χ2n) is 14.2. The largest absolute Gasteiger partial charge is 0.309 e. The lowest BCUT2D eigenvalue weighted by Gasteiger charge is -2.31. The highest BCUT2D eigenvalue weighted by atomic mass is 15.1. The van der Waals surface area contributed by atoms with Crippen LogP contribution in [-0.2, 0) is 10.8 Å². The molecule has 1 nitrogen and oxygen atoms in total. The number of hydrogen-bond acceptors (Lipinski definition) is 1. The van der Waals surface area contributed by atoms with Crippen molar-refractivity contribution in [3.8, 4) is 33.4 Å². The van der Waals surface area contributed by atoms with E-state index in [4.69, 9.17) is 0 Å². The zero-order valence-electron chi connectivity index (χ0n) is 27.4. The van der Waals surface area contributed by atoms with E-state index < -0.39 is 0 Å². The second kappa shape index (κ2) is 10.0. The summed E-state index contributed by atoms with van der Waals surface area (Å²) in [5.41, 5.74) is 16.7. The van der Waals surface area contributed by atoms with Crippen LogP contribution in [0.25, 0.3) is 44.2 Å². The van der Waals surface area contributed by atoms with Crippen molar-refractivity contribution in [3.63, 3.8) is 0 Å². The Morgan fingerprint density at radius 2 is 0.957 bits per heavy atom. The first-order chi connectivity index (χ1) is 22.8. The van der Waals surface area contributed by atoms with Gasteiger partial charge in [0.25, 0.3) is 0 Å². The number of anilines is 3. The van der Waals surface area contributed by atoms with Gasteiger partial charge in [0.05, 0.1) is 5.69 Å². The molecule has 47 heavy (non-hydrogen) atoms. The van der Waals surface area contributed by atoms with Gasteiger partial charge in [-0.25, -0.2) is 0 Å². The minimum Gasteiger partial charge on any atom is -0.309 e. The van der Waals surface area contributed by atoms with Gasteiger partial charge in [0.1, 0.15) is 0 Å². The van der Waals surface area contributed by atoms with Crippen LogP contribution in [0.1, 0.15) is 49.9 Å². The summed E-state index contributed by atoms with van der Waals surface area (Å²) in [6.45, 7) is 9.47. The van der Waals surface area contributed by atoms with E-state index in [1.54, 1.807) is 0 Å². The molecular weight excluding hydrogens is 567 g/mol. The molecule has 9 rings (SSSR count). The highest BCUT2D eigenvalue weighted by Crippen LogP contribution is 2.57. The highest BCUT2D eigenvalue weighted by molar-refractivity contribution is 6.10. The third-order valence-electron chi connectivity index (χ3n) is 10.8. The van der Waals surface area contributed by atoms with E-state index in [0.717, 1.165) is 5.69 Å². The Morgan fingerprint density at radius 1 is 0.404 bits per heavy atom. The number of fused-ring (bicyclic) bond motifs is 7. The molecule has 0 aromatic heterocycles. The molecule has 7 aromatic carbocycles. The minimum absolute atomic E-state index is 0.0454. The summed E-state index contributed by atoms with van der Waals surface area (Å²) in [6.07, 6.45) is 0. The van der Waals surface area contributed by atoms with Crippen molar-refractivity contribution < 1.29 is 0 Å². The Morgan fingerprint density at radius 3 is 1.72 bits per heavy atom. The third-order valence-corrected chi connectivity index (χ3v) is 10.8. The van der Waals surface area contributed by atoms with E-state index >= 15 is 0 Å². The summed E-state index contributed by atoms with van der Waals surface area (Å²) in [7, 11) is 0. The van der Waals surface area contributed by atoms with Crippen LogP contribution in [0.5, 0.6) is 0 Å². The lowest BCUT2D eigenvalue weighted by Crippen LogP contribution is -2.17. The van der Waals surface area contributed by atoms with Gasteiger partial charge in [0.2, 0.25) is 0 Å². The lowest BCUT2D eigenvalue weighted by atomic mass is 9.81. The van der Waals surface area contributed by atoms with E-state index in [1.807, 2.05) is 0 Å². The van der Waals surface area contributed by atoms with Crippen LogP contribution >= 0.6 is 0 Å². The number of rotatable bonds is 4. The molecule has 2 aliphatic carbocycles. The van der Waals surface area contributed by atoms with Gasteiger partial charge in [-0.3, -0.25) is 0 Å². The minimum atomic E-state index is -0.117. The van der Waals surface area contributed by atoms with Crippen LogP contribution < -0.4 is 4.90 Å². The van der Waals surface area contributed by atoms with Crippen molar-refractivity contribution in [2.75, 3.05) is 4.90 Å². The third kappa shape index (κ3) is 4.02. The fourth-order valence-electron chi connectivity index (χ4n) is 8.41. The van der Waals surface area contributed by atoms with Gasteiger partial charge in [-0.15, -0.1) is 0 Å². The van der Waals surface area contributed by atoms with Crippen molar-refractivity contribution in [1.29, 1.82) is 0 Å². The van der Waals surface area contributed by atoms with Gasteiger partial charge in [-0.2, -0.15) is 0 Å². The zero-order valence-corrected chi connectivity index (χ0v) is 27.4. The van der Waals surface area contributed by atoms with Crippen LogP contribution in [0.3, 0.4) is 0 Å². The summed E-state index contributed by atoms with van der Waals surface area (Å²) in [5, 5.41) is 2.52. The first-order valence-electron chi connectivity index (χ1n) is 16.7. The summed E-state index contributed by atoms with van der Waals surface area (Å²) in [6, 6.07) is 56.3. The first-order valence-corrected chi connectivity index (χ1v) is 16.7. The monoisotopic (exact) mass is 603 g/mol. The molecule has 0 saturated carbocycles. The van der Waals surface area contributed by atoms with E-state index in [1.165, 1.54) is 77.8 Å². The Hall–Kier alpha value is -5.40. The summed E-state index contributed by atoms with van der Waals surface area (Å²) < 4.78 is 0. The van der Waals surface area contributed by atoms with Gasteiger partial charge in [0.15, 0.2) is 0 Å². The molecule has 7 aromatic rings. The van der Waals surface area contributed by atoms with Crippen molar-refractivity contribution >= 4 is 27.8 Å². The molecule has 2 aliphatic rings. The molecule has 0 fully saturated rings. The number of nitrogens with zero attached hydrogens (tertiary/aromatic N) is 1. The fraction of sp³-hybridized carbons (Fsp3) is 0.130. The highest BCUT2D eigenvalue weighted by Gasteiger charge is 2.40. The zero-order chi connectivity index (χ0) is 31.9. The summed E-state index contributed by atoms with van der Waals surface area (Å²) in [4.78, 5) is 2.53. The molecule has 0 bridgehead atoms. The van der Waals surface area contributed by atoms with Crippen molar-refractivity contribution in [2.45, 2.75) is 38.5 Å². The second-order valence-corrected chi connectivity index (χ2v) is 14.2. The Kier molecular flexibility index (Phi) is 5.96. The lowest BCUT2D eigenvalue weighted by molar-refractivity contribution is 0.660. The summed E-state index contributed by atoms with van der Waals surface area (Å²) >= 11 is 0. The Bertz CT molecular complexity index is 2340. The average molecular weight is 604 g/mol. The Labute approximate surface area is 277 Å². The molecule has 0 aliphatic heterocycles. The fourth-order valence-corrected chi connectivity index (χ4v) is 8.41. The van der Waals surface area contributed by atoms with Crippen LogP contribution in [0.4, 0.5) is 17.1 Å². The maximum absolute atomic E-state index is 2.53. The van der Waals surface area contributed by atoms with Gasteiger partial charge >= 0.3 is 0 Å². The van der Waals surface area contributed by atoms with Crippen LogP contribution in [-0.4, -0.2) is 0 Å². The van der Waals surface area contributed by atoms with Gasteiger partial charge in [0, 0.05) is 33.2 Å². The predicted molar refractivity (Wildman–Crippen MR) is 199 cm³/mol. The molecule has 0 heterocycles. The average Bonchev–Trinajstić information content (AvgIpc) is 3.48. The summed E-state index contributed by atoms with van der Waals surface area (Å²) in [5.74, 6) is 0. The SMILES string of the molecule is CC1(C)c2ccccc2-c2cc(N(c3ccc(-c4ccccc4)cc3)c3c4c(cc5ccccc35)C(C)(C)c3ccccc3-4)ccc21. The van der Waals surface area contributed by atoms with Crippen molar-refractivity contribution in [3.05, 3.63) is 174 Å². The Balaban J connectivity index is 1.36. The van der Waals surface area contributed by atoms with Crippen LogP contribution in [0.2, 0.25) is 0 Å². The molecule has 1 heteroatoms. The standard InChI is InChI=1S/C46H37N/c1-45(2)39-20-12-10-18-36(39)38-29-34(26-27-41(38)45)47(33-24-22-31(23-25-33)30-14-6-5-7-15-30)44-35-17-9-8-16-32(35)28-42-43(44)37-19-11-13-21-40(37)46(42,3)4/h5-29H,1-4H3. The molecule has 0 radical (unpaired) electrons. The topological polar surface area (TPSA) is 3.24 Å². The molecule has 226 valence electrons. The molecule has 0 saturated heterocycles. The molecule has 0 spiro atoms. The molecule has 0 atom stereocenters. The maximum atomic E-state index is 2.53. The quantitative estimate of drug-likeness (QED) is 0.193. The normalized spacial score (nSPS) is 14.7. The molecule has 0 amide bonds. The number of benzene rings is 7. The predicted octanol–water partition coefficient (Wildman–Crippen LogP) is 12.6. The van der Waals surface area contributed by atoms with E-state index in [9.17, 15) is 0 Å². The maximum Gasteiger partial charge on any atom is 0.0621 e. The molecular formula is C46H37N. The molecule has 0 N–H and O–H groups in total. The number of hydrogen-bond donors (Lipinski definition) is 0. The van der Waals surface area contributed by atoms with E-state index in [0.29, 0.717) is 0 Å². The van der Waals surface area contributed by atoms with Crippen molar-refractivity contribution in [1.82, 2.24) is 0 Å². The molecule has 0 unspecified atom stereocenters. The van der Waals surface area contributed by atoms with E-state index in [-0.39, 0.29) is 10.8 Å². The van der Waals surface area contributed by atoms with Crippen LogP contribution in [0.15, 0.2) is 152 Å². The first kappa shape index (κ1) is 27.9. The van der Waals surface area contributed by atoms with Gasteiger partial charge in [-0.05, 0) is 85.8 Å². The van der Waals surface area contributed by atoms with Gasteiger partial charge < -0.3 is 4.90 Å². The van der Waals surface area contributed by atoms with Crippen molar-refractivity contribution in [2.24, 2.45) is 0 Å².